The first kappa shape index (κ1) is 16.4. The predicted octanol–water partition coefficient (Wildman–Crippen LogP) is 0.892. The molecule has 0 bridgehead atoms. The van der Waals surface area contributed by atoms with Crippen molar-refractivity contribution in [2.24, 2.45) is 4.99 Å². The van der Waals surface area contributed by atoms with E-state index in [-0.39, 0.29) is 17.1 Å². The number of anilines is 1. The highest BCUT2D eigenvalue weighted by molar-refractivity contribution is 8.18. The van der Waals surface area contributed by atoms with E-state index in [2.05, 4.69) is 10.3 Å². The summed E-state index contributed by atoms with van der Waals surface area (Å²) in [7, 11) is 0. The zero-order valence-corrected chi connectivity index (χ0v) is 13.7. The van der Waals surface area contributed by atoms with Gasteiger partial charge in [-0.05, 0) is 24.2 Å². The molecule has 1 aromatic rings. The van der Waals surface area contributed by atoms with E-state index in [0.29, 0.717) is 29.4 Å². The average Bonchev–Trinajstić information content (AvgIpc) is 3.04. The van der Waals surface area contributed by atoms with Crippen LogP contribution in [0.3, 0.4) is 0 Å². The first-order valence-corrected chi connectivity index (χ1v) is 8.19. The third-order valence-electron chi connectivity index (χ3n) is 3.57. The summed E-state index contributed by atoms with van der Waals surface area (Å²) in [5, 5.41) is 11.8. The third kappa shape index (κ3) is 2.74. The highest BCUT2D eigenvalue weighted by atomic mass is 32.2. The molecule has 0 unspecified atom stereocenters. The zero-order valence-electron chi connectivity index (χ0n) is 12.9. The molecule has 7 nitrogen and oxygen atoms in total. The molecule has 0 saturated carbocycles. The van der Waals surface area contributed by atoms with Crippen LogP contribution in [-0.4, -0.2) is 41.1 Å². The van der Waals surface area contributed by atoms with Crippen molar-refractivity contribution in [3.05, 3.63) is 34.7 Å². The molecule has 0 aromatic heterocycles. The van der Waals surface area contributed by atoms with Crippen LogP contribution in [0.2, 0.25) is 0 Å². The maximum atomic E-state index is 12.7. The molecule has 3 rings (SSSR count). The number of hydrogen-bond donors (Lipinski definition) is 2. The van der Waals surface area contributed by atoms with E-state index in [0.717, 1.165) is 16.7 Å². The summed E-state index contributed by atoms with van der Waals surface area (Å²) in [6.45, 7) is 1.71. The molecule has 0 aliphatic carbocycles. The van der Waals surface area contributed by atoms with Crippen LogP contribution in [0, 0.1) is 0 Å². The Labute approximate surface area is 142 Å². The predicted molar refractivity (Wildman–Crippen MR) is 91.3 cm³/mol. The summed E-state index contributed by atoms with van der Waals surface area (Å²) < 4.78 is 0. The number of carbonyl (C=O) groups is 3. The highest BCUT2D eigenvalue weighted by Gasteiger charge is 2.40. The van der Waals surface area contributed by atoms with Crippen molar-refractivity contribution in [3.8, 4) is 0 Å². The number of amides is 3. The van der Waals surface area contributed by atoms with Crippen molar-refractivity contribution in [1.82, 2.24) is 5.32 Å². The molecule has 0 atom stereocenters. The van der Waals surface area contributed by atoms with Crippen molar-refractivity contribution in [2.45, 2.75) is 13.3 Å². The summed E-state index contributed by atoms with van der Waals surface area (Å²) in [6, 6.07) is 6.88. The lowest BCUT2D eigenvalue weighted by Crippen LogP contribution is -2.31. The van der Waals surface area contributed by atoms with Crippen molar-refractivity contribution < 1.29 is 19.5 Å². The van der Waals surface area contributed by atoms with Crippen molar-refractivity contribution in [1.29, 1.82) is 0 Å². The van der Waals surface area contributed by atoms with Crippen LogP contribution in [0.25, 0.3) is 5.57 Å². The second kappa shape index (κ2) is 6.58. The van der Waals surface area contributed by atoms with Crippen LogP contribution in [0.15, 0.2) is 34.2 Å². The minimum Gasteiger partial charge on any atom is -0.396 e. The number of amidine groups is 1. The lowest BCUT2D eigenvalue weighted by atomic mass is 10.1. The number of nitrogens with one attached hydrogen (secondary N) is 1. The molecule has 1 fully saturated rings. The number of imide groups is 1. The Kier molecular flexibility index (Phi) is 4.50. The molecule has 124 valence electrons. The molecule has 1 saturated heterocycles. The van der Waals surface area contributed by atoms with E-state index < -0.39 is 17.7 Å². The average molecular weight is 345 g/mol. The van der Waals surface area contributed by atoms with Gasteiger partial charge in [-0.3, -0.25) is 19.4 Å². The van der Waals surface area contributed by atoms with Gasteiger partial charge in [-0.2, -0.15) is 0 Å². The molecule has 2 aliphatic heterocycles. The smallest absolute Gasteiger partial charge is 0.267 e. The Hall–Kier alpha value is -2.45. The van der Waals surface area contributed by atoms with Crippen LogP contribution >= 0.6 is 11.8 Å². The molecule has 24 heavy (non-hydrogen) atoms. The Morgan fingerprint density at radius 2 is 2.08 bits per heavy atom. The molecule has 2 heterocycles. The number of rotatable bonds is 3. The topological polar surface area (TPSA) is 99.1 Å². The fourth-order valence-corrected chi connectivity index (χ4v) is 3.49. The largest absolute Gasteiger partial charge is 0.396 e. The fourth-order valence-electron chi connectivity index (χ4n) is 2.56. The van der Waals surface area contributed by atoms with Crippen LogP contribution < -0.4 is 10.2 Å². The van der Waals surface area contributed by atoms with E-state index in [9.17, 15) is 14.4 Å². The van der Waals surface area contributed by atoms with Crippen molar-refractivity contribution in [3.63, 3.8) is 0 Å². The van der Waals surface area contributed by atoms with Crippen molar-refractivity contribution >= 4 is 45.9 Å². The van der Waals surface area contributed by atoms with Gasteiger partial charge in [-0.15, -0.1) is 0 Å². The lowest BCUT2D eigenvalue weighted by molar-refractivity contribution is -0.122. The van der Waals surface area contributed by atoms with E-state index in [1.807, 2.05) is 0 Å². The standard InChI is InChI=1S/C16H15N3O4S/c1-9(21)19-11-6-3-2-5-10(11)12(15(19)23)13-14(22)18-16(24-13)17-7-4-8-20/h2-3,5-6,20H,4,7-8H2,1H3,(H,17,18,22)/b13-12-. The normalized spacial score (nSPS) is 21.4. The number of carbonyl (C=O) groups excluding carboxylic acids is 3. The monoisotopic (exact) mass is 345 g/mol. The molecular formula is C16H15N3O4S. The molecule has 2 aliphatic rings. The Morgan fingerprint density at radius 3 is 2.79 bits per heavy atom. The van der Waals surface area contributed by atoms with E-state index in [4.69, 9.17) is 5.11 Å². The number of fused-ring (bicyclic) bond motifs is 1. The molecule has 8 heteroatoms. The first-order chi connectivity index (χ1) is 11.5. The number of para-hydroxylation sites is 1. The third-order valence-corrected chi connectivity index (χ3v) is 4.59. The quantitative estimate of drug-likeness (QED) is 0.626. The SMILES string of the molecule is CC(=O)N1C(=O)/C(=C2\SC(=NCCCO)NC2=O)c2ccccc21. The maximum absolute atomic E-state index is 12.7. The number of aliphatic hydroxyl groups excluding tert-OH is 1. The Bertz CT molecular complexity index is 800. The van der Waals surface area contributed by atoms with Gasteiger partial charge in [-0.25, -0.2) is 4.90 Å². The summed E-state index contributed by atoms with van der Waals surface area (Å²) in [5.41, 5.74) is 1.26. The van der Waals surface area contributed by atoms with Gasteiger partial charge < -0.3 is 10.4 Å². The first-order valence-electron chi connectivity index (χ1n) is 7.37. The van der Waals surface area contributed by atoms with Crippen molar-refractivity contribution in [2.75, 3.05) is 18.1 Å². The zero-order chi connectivity index (χ0) is 17.3. The van der Waals surface area contributed by atoms with E-state index in [1.165, 1.54) is 6.92 Å². The second-order valence-electron chi connectivity index (χ2n) is 5.20. The van der Waals surface area contributed by atoms with Crippen LogP contribution in [0.5, 0.6) is 0 Å². The second-order valence-corrected chi connectivity index (χ2v) is 6.20. The number of aliphatic hydroxyl groups is 1. The van der Waals surface area contributed by atoms with Crippen LogP contribution in [0.1, 0.15) is 18.9 Å². The fraction of sp³-hybridized carbons (Fsp3) is 0.250. The summed E-state index contributed by atoms with van der Waals surface area (Å²) >= 11 is 1.08. The van der Waals surface area contributed by atoms with Gasteiger partial charge in [-0.1, -0.05) is 18.2 Å². The molecule has 3 amide bonds. The van der Waals surface area contributed by atoms with Gasteiger partial charge >= 0.3 is 0 Å². The number of hydrogen-bond acceptors (Lipinski definition) is 6. The van der Waals surface area contributed by atoms with Crippen LogP contribution in [-0.2, 0) is 14.4 Å². The molecule has 0 radical (unpaired) electrons. The number of nitrogens with zero attached hydrogens (tertiary/aromatic N) is 2. The summed E-state index contributed by atoms with van der Waals surface area (Å²) in [4.78, 5) is 42.3. The number of aliphatic imine (C=N–C) groups is 1. The molecule has 0 spiro atoms. The molecule has 2 N–H and O–H groups in total. The van der Waals surface area contributed by atoms with Gasteiger partial charge in [0.1, 0.15) is 0 Å². The summed E-state index contributed by atoms with van der Waals surface area (Å²) in [6.07, 6.45) is 0.492. The minimum absolute atomic E-state index is 0.0166. The lowest BCUT2D eigenvalue weighted by Gasteiger charge is -2.11. The Balaban J connectivity index is 2.04. The minimum atomic E-state index is -0.502. The van der Waals surface area contributed by atoms with Gasteiger partial charge in [0.15, 0.2) is 5.17 Å². The number of thioether (sulfide) groups is 1. The number of benzene rings is 1. The summed E-state index contributed by atoms with van der Waals surface area (Å²) in [5.74, 6) is -1.31. The van der Waals surface area contributed by atoms with E-state index >= 15 is 0 Å². The highest BCUT2D eigenvalue weighted by Crippen LogP contribution is 2.42. The Morgan fingerprint density at radius 1 is 1.33 bits per heavy atom. The molecular weight excluding hydrogens is 330 g/mol. The van der Waals surface area contributed by atoms with Gasteiger partial charge in [0.2, 0.25) is 5.91 Å². The van der Waals surface area contributed by atoms with Gasteiger partial charge in [0.05, 0.1) is 16.2 Å². The molecule has 1 aromatic carbocycles. The van der Waals surface area contributed by atoms with Gasteiger partial charge in [0.25, 0.3) is 11.8 Å². The maximum Gasteiger partial charge on any atom is 0.267 e. The van der Waals surface area contributed by atoms with Gasteiger partial charge in [0, 0.05) is 25.6 Å². The van der Waals surface area contributed by atoms with Crippen LogP contribution in [0.4, 0.5) is 5.69 Å². The van der Waals surface area contributed by atoms with E-state index in [1.54, 1.807) is 24.3 Å².